The molecule has 3 aromatic rings. The zero-order valence-electron chi connectivity index (χ0n) is 10.4. The van der Waals surface area contributed by atoms with Crippen molar-refractivity contribution < 1.29 is 4.74 Å². The molecule has 96 valence electrons. The van der Waals surface area contributed by atoms with Crippen LogP contribution in [0.1, 0.15) is 5.56 Å². The van der Waals surface area contributed by atoms with Gasteiger partial charge in [0.2, 0.25) is 0 Å². The molecule has 2 N–H and O–H groups in total. The summed E-state index contributed by atoms with van der Waals surface area (Å²) in [6.45, 7) is 0. The second-order valence-corrected chi connectivity index (χ2v) is 4.11. The smallest absolute Gasteiger partial charge is 0.263 e. The molecule has 0 saturated heterocycles. The summed E-state index contributed by atoms with van der Waals surface area (Å²) in [5.74, 6) is 0.800. The van der Waals surface area contributed by atoms with Gasteiger partial charge < -0.3 is 10.5 Å². The number of benzene rings is 2. The highest BCUT2D eigenvalue weighted by Crippen LogP contribution is 2.28. The van der Waals surface area contributed by atoms with Gasteiger partial charge in [-0.3, -0.25) is 0 Å². The lowest BCUT2D eigenvalue weighted by Gasteiger charge is -2.08. The molecule has 0 spiro atoms. The van der Waals surface area contributed by atoms with E-state index in [9.17, 15) is 0 Å². The number of hydrogen-bond acceptors (Lipinski definition) is 5. The van der Waals surface area contributed by atoms with Crippen molar-refractivity contribution in [3.8, 4) is 17.7 Å². The monoisotopic (exact) mass is 262 g/mol. The lowest BCUT2D eigenvalue weighted by molar-refractivity contribution is 0.464. The van der Waals surface area contributed by atoms with E-state index in [-0.39, 0.29) is 11.7 Å². The van der Waals surface area contributed by atoms with Crippen molar-refractivity contribution in [2.45, 2.75) is 0 Å². The minimum atomic E-state index is 0.191. The van der Waals surface area contributed by atoms with Gasteiger partial charge in [0.05, 0.1) is 16.6 Å². The van der Waals surface area contributed by atoms with E-state index < -0.39 is 0 Å². The van der Waals surface area contributed by atoms with Gasteiger partial charge in [-0.1, -0.05) is 24.3 Å². The van der Waals surface area contributed by atoms with Crippen molar-refractivity contribution in [2.24, 2.45) is 0 Å². The van der Waals surface area contributed by atoms with Crippen LogP contribution in [0.2, 0.25) is 0 Å². The summed E-state index contributed by atoms with van der Waals surface area (Å²) in [7, 11) is 0. The first-order valence-electron chi connectivity index (χ1n) is 5.97. The van der Waals surface area contributed by atoms with Crippen LogP contribution in [0.25, 0.3) is 11.0 Å². The second-order valence-electron chi connectivity index (χ2n) is 4.11. The van der Waals surface area contributed by atoms with Gasteiger partial charge in [0.25, 0.3) is 5.88 Å². The molecule has 0 unspecified atom stereocenters. The summed E-state index contributed by atoms with van der Waals surface area (Å²) in [5.41, 5.74) is 7.65. The highest BCUT2D eigenvalue weighted by atomic mass is 16.5. The van der Waals surface area contributed by atoms with Crippen LogP contribution in [-0.2, 0) is 0 Å². The van der Waals surface area contributed by atoms with Crippen LogP contribution in [0.5, 0.6) is 11.6 Å². The molecule has 1 aromatic heterocycles. The van der Waals surface area contributed by atoms with Crippen LogP contribution >= 0.6 is 0 Å². The molecule has 0 amide bonds. The molecular weight excluding hydrogens is 252 g/mol. The molecule has 0 aliphatic rings. The number of anilines is 1. The topological polar surface area (TPSA) is 84.8 Å². The number of aromatic nitrogens is 2. The molecule has 20 heavy (non-hydrogen) atoms. The lowest BCUT2D eigenvalue weighted by atomic mass is 10.2. The first-order chi connectivity index (χ1) is 9.78. The number of nitrogens with two attached hydrogens (primary N) is 1. The highest BCUT2D eigenvalue weighted by Gasteiger charge is 2.10. The fraction of sp³-hybridized carbons (Fsp3) is 0. The van der Waals surface area contributed by atoms with Crippen molar-refractivity contribution in [2.75, 3.05) is 5.73 Å². The summed E-state index contributed by atoms with van der Waals surface area (Å²) in [4.78, 5) is 8.56. The van der Waals surface area contributed by atoms with Crippen LogP contribution in [-0.4, -0.2) is 9.97 Å². The van der Waals surface area contributed by atoms with Gasteiger partial charge in [0.15, 0.2) is 5.82 Å². The number of nitriles is 1. The average Bonchev–Trinajstić information content (AvgIpc) is 2.48. The maximum Gasteiger partial charge on any atom is 0.263 e. The van der Waals surface area contributed by atoms with E-state index in [1.165, 1.54) is 0 Å². The average molecular weight is 262 g/mol. The molecule has 0 fully saturated rings. The van der Waals surface area contributed by atoms with Gasteiger partial charge in [-0.25, -0.2) is 9.97 Å². The number of fused-ring (bicyclic) bond motifs is 1. The van der Waals surface area contributed by atoms with Crippen LogP contribution in [0.3, 0.4) is 0 Å². The summed E-state index contributed by atoms with van der Waals surface area (Å²) in [6, 6.07) is 16.3. The van der Waals surface area contributed by atoms with E-state index in [0.717, 1.165) is 0 Å². The molecule has 0 saturated carbocycles. The highest BCUT2D eigenvalue weighted by molar-refractivity contribution is 5.76. The van der Waals surface area contributed by atoms with Gasteiger partial charge in [-0.15, -0.1) is 0 Å². The van der Waals surface area contributed by atoms with Crippen molar-refractivity contribution in [3.63, 3.8) is 0 Å². The van der Waals surface area contributed by atoms with Crippen LogP contribution < -0.4 is 10.5 Å². The number of ether oxygens (including phenoxy) is 1. The number of para-hydroxylation sites is 3. The summed E-state index contributed by atoms with van der Waals surface area (Å²) < 4.78 is 5.62. The Balaban J connectivity index is 2.07. The van der Waals surface area contributed by atoms with Crippen LogP contribution in [0.15, 0.2) is 48.5 Å². The van der Waals surface area contributed by atoms with E-state index in [1.54, 1.807) is 24.3 Å². The number of nitrogens with zero attached hydrogens (tertiary/aromatic N) is 3. The first-order valence-corrected chi connectivity index (χ1v) is 5.97. The third-order valence-electron chi connectivity index (χ3n) is 2.78. The predicted octanol–water partition coefficient (Wildman–Crippen LogP) is 2.88. The molecule has 0 aliphatic heterocycles. The molecule has 2 aromatic carbocycles. The van der Waals surface area contributed by atoms with E-state index in [4.69, 9.17) is 15.7 Å². The Bertz CT molecular complexity index is 823. The van der Waals surface area contributed by atoms with Gasteiger partial charge >= 0.3 is 0 Å². The molecule has 0 aliphatic carbocycles. The fourth-order valence-electron chi connectivity index (χ4n) is 1.82. The first kappa shape index (κ1) is 11.9. The lowest BCUT2D eigenvalue weighted by Crippen LogP contribution is -1.99. The van der Waals surface area contributed by atoms with Gasteiger partial charge in [0.1, 0.15) is 11.8 Å². The normalized spacial score (nSPS) is 10.2. The van der Waals surface area contributed by atoms with E-state index in [2.05, 4.69) is 16.0 Å². The minimum Gasteiger partial charge on any atom is -0.435 e. The number of rotatable bonds is 2. The molecule has 0 atom stereocenters. The van der Waals surface area contributed by atoms with Crippen molar-refractivity contribution in [3.05, 3.63) is 54.1 Å². The Morgan fingerprint density at radius 3 is 2.35 bits per heavy atom. The van der Waals surface area contributed by atoms with E-state index in [0.29, 0.717) is 22.3 Å². The van der Waals surface area contributed by atoms with Crippen LogP contribution in [0, 0.1) is 11.3 Å². The Morgan fingerprint density at radius 2 is 1.60 bits per heavy atom. The Kier molecular flexibility index (Phi) is 2.90. The van der Waals surface area contributed by atoms with Gasteiger partial charge in [0, 0.05) is 0 Å². The molecule has 0 bridgehead atoms. The minimum absolute atomic E-state index is 0.191. The predicted molar refractivity (Wildman–Crippen MR) is 75.2 cm³/mol. The maximum atomic E-state index is 9.04. The maximum absolute atomic E-state index is 9.04. The quantitative estimate of drug-likeness (QED) is 0.767. The van der Waals surface area contributed by atoms with E-state index >= 15 is 0 Å². The molecule has 3 rings (SSSR count). The van der Waals surface area contributed by atoms with Crippen molar-refractivity contribution in [1.82, 2.24) is 9.97 Å². The third kappa shape index (κ3) is 2.10. The summed E-state index contributed by atoms with van der Waals surface area (Å²) in [6.07, 6.45) is 0. The van der Waals surface area contributed by atoms with E-state index in [1.807, 2.05) is 24.3 Å². The number of nitrogen functional groups attached to an aromatic ring is 1. The molecule has 1 heterocycles. The van der Waals surface area contributed by atoms with Crippen LogP contribution in [0.4, 0.5) is 5.82 Å². The Labute approximate surface area is 115 Å². The van der Waals surface area contributed by atoms with Gasteiger partial charge in [-0.05, 0) is 24.3 Å². The Morgan fingerprint density at radius 1 is 0.950 bits per heavy atom. The second kappa shape index (κ2) is 4.86. The molecular formula is C15H10N4O. The summed E-state index contributed by atoms with van der Waals surface area (Å²) >= 11 is 0. The standard InChI is InChI=1S/C15H10N4O/c16-9-10-5-1-4-8-13(10)20-15-14(17)18-11-6-2-3-7-12(11)19-15/h1-8H,(H2,17,18). The van der Waals surface area contributed by atoms with Crippen molar-refractivity contribution >= 4 is 16.9 Å². The number of hydrogen-bond donors (Lipinski definition) is 1. The third-order valence-corrected chi connectivity index (χ3v) is 2.78. The molecule has 0 radical (unpaired) electrons. The Hall–Kier alpha value is -3.13. The zero-order chi connectivity index (χ0) is 13.9. The van der Waals surface area contributed by atoms with Gasteiger partial charge in [-0.2, -0.15) is 5.26 Å². The molecule has 5 heteroatoms. The fourth-order valence-corrected chi connectivity index (χ4v) is 1.82. The summed E-state index contributed by atoms with van der Waals surface area (Å²) in [5, 5.41) is 9.04. The van der Waals surface area contributed by atoms with Crippen molar-refractivity contribution in [1.29, 1.82) is 5.26 Å². The SMILES string of the molecule is N#Cc1ccccc1Oc1nc2ccccc2nc1N. The zero-order valence-corrected chi connectivity index (χ0v) is 10.4. The molecule has 5 nitrogen and oxygen atoms in total. The largest absolute Gasteiger partial charge is 0.435 e.